The molecule has 0 spiro atoms. The highest BCUT2D eigenvalue weighted by atomic mass is 32.2. The van der Waals surface area contributed by atoms with E-state index in [1.165, 1.54) is 4.31 Å². The molecule has 1 N–H and O–H groups in total. The molecule has 0 saturated carbocycles. The normalized spacial score (nSPS) is 18.6. The summed E-state index contributed by atoms with van der Waals surface area (Å²) in [6.45, 7) is 5.43. The molecular formula is C14H23N3O2S. The van der Waals surface area contributed by atoms with Crippen LogP contribution in [0.5, 0.6) is 0 Å². The molecule has 0 amide bonds. The lowest BCUT2D eigenvalue weighted by Crippen LogP contribution is -2.41. The van der Waals surface area contributed by atoms with Crippen LogP contribution in [0, 0.1) is 5.92 Å². The van der Waals surface area contributed by atoms with E-state index in [2.05, 4.69) is 23.6 Å². The maximum Gasteiger partial charge on any atom is 0.280 e. The molecule has 1 fully saturated rings. The molecule has 1 aliphatic rings. The second-order valence-corrected chi connectivity index (χ2v) is 7.40. The van der Waals surface area contributed by atoms with E-state index in [-0.39, 0.29) is 6.04 Å². The minimum atomic E-state index is -3.40. The van der Waals surface area contributed by atoms with Crippen LogP contribution >= 0.6 is 0 Å². The molecule has 1 aromatic heterocycles. The second kappa shape index (κ2) is 6.65. The topological polar surface area (TPSA) is 62.3 Å². The molecule has 5 nitrogen and oxygen atoms in total. The molecule has 1 saturated heterocycles. The van der Waals surface area contributed by atoms with Crippen molar-refractivity contribution in [3.05, 3.63) is 30.1 Å². The van der Waals surface area contributed by atoms with Gasteiger partial charge in [0.05, 0.1) is 0 Å². The molecular weight excluding hydrogens is 274 g/mol. The number of rotatable bonds is 6. The summed E-state index contributed by atoms with van der Waals surface area (Å²) in [6.07, 6.45) is 6.09. The number of pyridine rings is 1. The van der Waals surface area contributed by atoms with E-state index in [1.807, 2.05) is 12.1 Å². The fraction of sp³-hybridized carbons (Fsp3) is 0.643. The highest BCUT2D eigenvalue weighted by Crippen LogP contribution is 2.23. The smallest absolute Gasteiger partial charge is 0.264 e. The Hall–Kier alpha value is -0.980. The number of aromatic nitrogens is 1. The summed E-state index contributed by atoms with van der Waals surface area (Å²) in [5.41, 5.74) is 0.920. The average molecular weight is 297 g/mol. The number of hydrogen-bond donors (Lipinski definition) is 1. The summed E-state index contributed by atoms with van der Waals surface area (Å²) >= 11 is 0. The molecule has 112 valence electrons. The van der Waals surface area contributed by atoms with Crippen molar-refractivity contribution >= 4 is 10.2 Å². The van der Waals surface area contributed by atoms with Crippen LogP contribution in [0.1, 0.15) is 44.7 Å². The third-order valence-electron chi connectivity index (χ3n) is 3.49. The summed E-state index contributed by atoms with van der Waals surface area (Å²) in [6, 6.07) is 3.55. The Labute approximate surface area is 121 Å². The van der Waals surface area contributed by atoms with Crippen molar-refractivity contribution in [1.29, 1.82) is 0 Å². The Morgan fingerprint density at radius 1 is 1.35 bits per heavy atom. The molecule has 0 aliphatic carbocycles. The summed E-state index contributed by atoms with van der Waals surface area (Å²) in [5, 5.41) is 0. The molecule has 1 aliphatic heterocycles. The monoisotopic (exact) mass is 297 g/mol. The van der Waals surface area contributed by atoms with Crippen LogP contribution in [0.2, 0.25) is 0 Å². The molecule has 20 heavy (non-hydrogen) atoms. The maximum absolute atomic E-state index is 12.4. The lowest BCUT2D eigenvalue weighted by atomic mass is 9.99. The molecule has 2 heterocycles. The Morgan fingerprint density at radius 3 is 2.60 bits per heavy atom. The van der Waals surface area contributed by atoms with Gasteiger partial charge in [-0.2, -0.15) is 17.4 Å². The van der Waals surface area contributed by atoms with Crippen LogP contribution in [-0.4, -0.2) is 30.8 Å². The molecule has 0 unspecified atom stereocenters. The highest BCUT2D eigenvalue weighted by molar-refractivity contribution is 7.87. The first-order chi connectivity index (χ1) is 9.49. The van der Waals surface area contributed by atoms with Crippen molar-refractivity contribution < 1.29 is 8.42 Å². The first-order valence-electron chi connectivity index (χ1n) is 7.16. The van der Waals surface area contributed by atoms with E-state index in [9.17, 15) is 8.42 Å². The number of nitrogens with one attached hydrogen (secondary N) is 1. The van der Waals surface area contributed by atoms with Crippen molar-refractivity contribution in [3.8, 4) is 0 Å². The van der Waals surface area contributed by atoms with E-state index in [0.29, 0.717) is 19.0 Å². The van der Waals surface area contributed by atoms with Crippen molar-refractivity contribution in [2.75, 3.05) is 13.1 Å². The van der Waals surface area contributed by atoms with Crippen molar-refractivity contribution in [2.45, 2.75) is 39.2 Å². The van der Waals surface area contributed by atoms with Crippen LogP contribution in [0.25, 0.3) is 0 Å². The van der Waals surface area contributed by atoms with E-state index >= 15 is 0 Å². The van der Waals surface area contributed by atoms with Crippen molar-refractivity contribution in [2.24, 2.45) is 5.92 Å². The molecule has 0 bridgehead atoms. The lowest BCUT2D eigenvalue weighted by Gasteiger charge is -2.24. The fourth-order valence-electron chi connectivity index (χ4n) is 2.49. The van der Waals surface area contributed by atoms with Gasteiger partial charge in [0.15, 0.2) is 0 Å². The fourth-order valence-corrected chi connectivity index (χ4v) is 3.97. The predicted molar refractivity (Wildman–Crippen MR) is 79.3 cm³/mol. The molecule has 0 aromatic carbocycles. The van der Waals surface area contributed by atoms with Crippen LogP contribution in [0.4, 0.5) is 0 Å². The standard InChI is InChI=1S/C14H23N3O2S/c1-12(2)10-14(13-6-5-7-15-11-13)16-20(18,19)17-8-3-4-9-17/h5-7,11-12,14,16H,3-4,8-10H2,1-2H3/t14-/m1/s1. The molecule has 2 rings (SSSR count). The number of nitrogens with zero attached hydrogens (tertiary/aromatic N) is 2. The van der Waals surface area contributed by atoms with Gasteiger partial charge in [-0.15, -0.1) is 0 Å². The van der Waals surface area contributed by atoms with Gasteiger partial charge in [0.1, 0.15) is 0 Å². The molecule has 1 aromatic rings. The molecule has 1 atom stereocenters. The summed E-state index contributed by atoms with van der Waals surface area (Å²) < 4.78 is 29.2. The Bertz CT molecular complexity index is 510. The highest BCUT2D eigenvalue weighted by Gasteiger charge is 2.28. The van der Waals surface area contributed by atoms with Crippen molar-refractivity contribution in [3.63, 3.8) is 0 Å². The summed E-state index contributed by atoms with van der Waals surface area (Å²) in [4.78, 5) is 4.09. The van der Waals surface area contributed by atoms with Gasteiger partial charge < -0.3 is 0 Å². The van der Waals surface area contributed by atoms with Crippen LogP contribution in [0.3, 0.4) is 0 Å². The van der Waals surface area contributed by atoms with E-state index in [0.717, 1.165) is 24.8 Å². The van der Waals surface area contributed by atoms with Crippen molar-refractivity contribution in [1.82, 2.24) is 14.0 Å². The van der Waals surface area contributed by atoms with E-state index < -0.39 is 10.2 Å². The third-order valence-corrected chi connectivity index (χ3v) is 5.12. The zero-order valence-electron chi connectivity index (χ0n) is 12.1. The Morgan fingerprint density at radius 2 is 2.05 bits per heavy atom. The SMILES string of the molecule is CC(C)C[C@@H](NS(=O)(=O)N1CCCC1)c1cccnc1. The minimum absolute atomic E-state index is 0.214. The Balaban J connectivity index is 2.15. The van der Waals surface area contributed by atoms with Gasteiger partial charge in [-0.3, -0.25) is 4.98 Å². The lowest BCUT2D eigenvalue weighted by molar-refractivity contribution is 0.428. The zero-order valence-corrected chi connectivity index (χ0v) is 12.9. The Kier molecular flexibility index (Phi) is 5.12. The molecule has 0 radical (unpaired) electrons. The quantitative estimate of drug-likeness (QED) is 0.874. The van der Waals surface area contributed by atoms with Gasteiger partial charge in [0, 0.05) is 31.5 Å². The van der Waals surface area contributed by atoms with Crippen LogP contribution < -0.4 is 4.72 Å². The second-order valence-electron chi connectivity index (χ2n) is 5.70. The number of hydrogen-bond acceptors (Lipinski definition) is 3. The first-order valence-corrected chi connectivity index (χ1v) is 8.60. The van der Waals surface area contributed by atoms with Gasteiger partial charge in [-0.1, -0.05) is 19.9 Å². The third kappa shape index (κ3) is 4.01. The van der Waals surface area contributed by atoms with Gasteiger partial charge in [0.2, 0.25) is 0 Å². The summed E-state index contributed by atoms with van der Waals surface area (Å²) in [7, 11) is -3.40. The van der Waals surface area contributed by atoms with Crippen LogP contribution in [0.15, 0.2) is 24.5 Å². The van der Waals surface area contributed by atoms with E-state index in [4.69, 9.17) is 0 Å². The molecule has 6 heteroatoms. The minimum Gasteiger partial charge on any atom is -0.264 e. The summed E-state index contributed by atoms with van der Waals surface area (Å²) in [5.74, 6) is 0.404. The van der Waals surface area contributed by atoms with Crippen LogP contribution in [-0.2, 0) is 10.2 Å². The van der Waals surface area contributed by atoms with Gasteiger partial charge >= 0.3 is 0 Å². The first kappa shape index (κ1) is 15.4. The zero-order chi connectivity index (χ0) is 14.6. The van der Waals surface area contributed by atoms with Gasteiger partial charge in [-0.05, 0) is 36.8 Å². The van der Waals surface area contributed by atoms with Gasteiger partial charge in [-0.25, -0.2) is 0 Å². The predicted octanol–water partition coefficient (Wildman–Crippen LogP) is 2.10. The van der Waals surface area contributed by atoms with E-state index in [1.54, 1.807) is 12.4 Å². The maximum atomic E-state index is 12.4. The largest absolute Gasteiger partial charge is 0.280 e. The van der Waals surface area contributed by atoms with Gasteiger partial charge in [0.25, 0.3) is 10.2 Å². The average Bonchev–Trinajstić information content (AvgIpc) is 2.93.